The van der Waals surface area contributed by atoms with Crippen molar-refractivity contribution in [1.29, 1.82) is 0 Å². The molecule has 0 amide bonds. The molecule has 1 aliphatic rings. The summed E-state index contributed by atoms with van der Waals surface area (Å²) in [4.78, 5) is 0. The monoisotopic (exact) mass is 212 g/mol. The van der Waals surface area contributed by atoms with Gasteiger partial charge in [-0.15, -0.1) is 0 Å². The van der Waals surface area contributed by atoms with Gasteiger partial charge in [0.05, 0.1) is 6.26 Å². The van der Waals surface area contributed by atoms with Crippen LogP contribution in [0.5, 0.6) is 5.75 Å². The second kappa shape index (κ2) is 6.86. The van der Waals surface area contributed by atoms with E-state index in [4.69, 9.17) is 4.74 Å². The molecule has 0 bridgehead atoms. The summed E-state index contributed by atoms with van der Waals surface area (Å²) in [5.41, 5.74) is 1.27. The first-order chi connectivity index (χ1) is 4.97. The van der Waals surface area contributed by atoms with Crippen molar-refractivity contribution in [2.45, 2.75) is 6.42 Å². The second-order valence-corrected chi connectivity index (χ2v) is 2.30. The topological polar surface area (TPSA) is 66.2 Å². The Kier molecular flexibility index (Phi) is 7.86. The van der Waals surface area contributed by atoms with Crippen LogP contribution in [0.4, 0.5) is 0 Å². The normalized spacial score (nSPS) is 10.8. The van der Waals surface area contributed by atoms with Gasteiger partial charge in [-0.3, -0.25) is 0 Å². The molecule has 0 spiro atoms. The van der Waals surface area contributed by atoms with E-state index >= 15 is 0 Å². The Morgan fingerprint density at radius 1 is 1.08 bits per heavy atom. The van der Waals surface area contributed by atoms with Crippen molar-refractivity contribution in [3.63, 3.8) is 0 Å². The van der Waals surface area contributed by atoms with Crippen LogP contribution in [-0.4, -0.2) is 0 Å². The van der Waals surface area contributed by atoms with E-state index in [9.17, 15) is 0 Å². The third-order valence-electron chi connectivity index (χ3n) is 1.60. The number of allylic oxidation sites excluding steroid dienone is 1. The fraction of sp³-hybridized carbons (Fsp3) is 0.111. The van der Waals surface area contributed by atoms with Crippen LogP contribution in [0.25, 0.3) is 0 Å². The number of hydrogen-bond donors (Lipinski definition) is 0. The summed E-state index contributed by atoms with van der Waals surface area (Å²) < 4.78 is 5.24. The largest absolute Gasteiger partial charge is 4.00 e. The summed E-state index contributed by atoms with van der Waals surface area (Å²) in [5.74, 6) is 0.991. The van der Waals surface area contributed by atoms with Crippen molar-refractivity contribution in [2.24, 2.45) is 0 Å². The number of benzene rings is 1. The first kappa shape index (κ1) is 14.9. The summed E-state index contributed by atoms with van der Waals surface area (Å²) >= 11 is 0. The zero-order valence-electron chi connectivity index (χ0n) is 6.90. The van der Waals surface area contributed by atoms with Crippen molar-refractivity contribution in [1.82, 2.24) is 0 Å². The molecule has 4 heteroatoms. The van der Waals surface area contributed by atoms with E-state index in [1.54, 1.807) is 6.26 Å². The van der Waals surface area contributed by atoms with E-state index in [1.807, 2.05) is 24.3 Å². The van der Waals surface area contributed by atoms with Gasteiger partial charge in [0.15, 0.2) is 0 Å². The van der Waals surface area contributed by atoms with Crippen LogP contribution in [0, 0.1) is 0 Å². The Bertz CT molecular complexity index is 246. The number of para-hydroxylation sites is 1. The van der Waals surface area contributed by atoms with Gasteiger partial charge in [0.2, 0.25) is 0 Å². The minimum absolute atomic E-state index is 0. The maximum Gasteiger partial charge on any atom is 4.00 e. The smallest absolute Gasteiger partial charge is 2.00 e. The second-order valence-electron chi connectivity index (χ2n) is 2.30. The van der Waals surface area contributed by atoms with Gasteiger partial charge in [0, 0.05) is 0 Å². The van der Waals surface area contributed by atoms with E-state index in [0.717, 1.165) is 12.2 Å². The zero-order valence-corrected chi connectivity index (χ0v) is 8.46. The van der Waals surface area contributed by atoms with E-state index in [0.29, 0.717) is 0 Å². The van der Waals surface area contributed by atoms with Crippen LogP contribution in [0.1, 0.15) is 5.56 Å². The van der Waals surface area contributed by atoms with Crippen molar-refractivity contribution in [2.75, 3.05) is 0 Å². The van der Waals surface area contributed by atoms with Crippen LogP contribution in [0.15, 0.2) is 36.6 Å². The summed E-state index contributed by atoms with van der Waals surface area (Å²) in [6.45, 7) is 0. The average Bonchev–Trinajstić information content (AvgIpc) is 2.05. The Morgan fingerprint density at radius 2 is 1.77 bits per heavy atom. The van der Waals surface area contributed by atoms with Gasteiger partial charge in [-0.05, 0) is 24.1 Å². The number of hydrogen-bond acceptors (Lipinski definition) is 1. The predicted octanol–water partition coefficient (Wildman–Crippen LogP) is 1.90. The third kappa shape index (κ3) is 3.32. The van der Waals surface area contributed by atoms with Crippen LogP contribution >= 0.6 is 0 Å². The van der Waals surface area contributed by atoms with Gasteiger partial charge in [-0.25, -0.2) is 0 Å². The Morgan fingerprint density at radius 3 is 2.46 bits per heavy atom. The van der Waals surface area contributed by atoms with Crippen LogP contribution < -0.4 is 4.74 Å². The summed E-state index contributed by atoms with van der Waals surface area (Å²) in [6.07, 6.45) is 4.75. The molecular weight excluding hydrogens is 204 g/mol. The molecule has 2 rings (SSSR count). The molecule has 0 unspecified atom stereocenters. The Balaban J connectivity index is 0. The standard InChI is InChI=1S/C9H8O.2O.Ti/c1-2-6-9-8(4-1)5-3-7-10-9;;;/h1-4,6-7H,5H2;;;/q;2*-2;+4. The molecule has 1 aliphatic heterocycles. The first-order valence-corrected chi connectivity index (χ1v) is 3.36. The molecule has 0 atom stereocenters. The summed E-state index contributed by atoms with van der Waals surface area (Å²) in [7, 11) is 0. The van der Waals surface area contributed by atoms with Crippen LogP contribution in [0.3, 0.4) is 0 Å². The molecule has 1 aromatic rings. The molecule has 0 N–H and O–H groups in total. The van der Waals surface area contributed by atoms with Gasteiger partial charge in [-0.2, -0.15) is 0 Å². The maximum atomic E-state index is 5.24. The molecule has 0 aliphatic carbocycles. The SMILES string of the molecule is C1=COc2ccccc2C1.[O-2].[O-2].[Ti+4]. The molecule has 0 saturated carbocycles. The van der Waals surface area contributed by atoms with Crippen molar-refractivity contribution >= 4 is 0 Å². The number of rotatable bonds is 0. The molecule has 1 heterocycles. The number of fused-ring (bicyclic) bond motifs is 1. The molecule has 13 heavy (non-hydrogen) atoms. The van der Waals surface area contributed by atoms with E-state index in [2.05, 4.69) is 6.07 Å². The van der Waals surface area contributed by atoms with Gasteiger partial charge >= 0.3 is 21.7 Å². The fourth-order valence-electron chi connectivity index (χ4n) is 1.08. The Labute approximate surface area is 91.9 Å². The molecule has 1 aromatic carbocycles. The molecule has 0 fully saturated rings. The zero-order chi connectivity index (χ0) is 6.81. The molecule has 0 saturated heterocycles. The van der Waals surface area contributed by atoms with Crippen molar-refractivity contribution < 1.29 is 37.4 Å². The first-order valence-electron chi connectivity index (χ1n) is 3.36. The van der Waals surface area contributed by atoms with Crippen molar-refractivity contribution in [3.8, 4) is 5.75 Å². The van der Waals surface area contributed by atoms with Crippen LogP contribution in [-0.2, 0) is 39.1 Å². The van der Waals surface area contributed by atoms with Gasteiger partial charge in [0.25, 0.3) is 0 Å². The molecular formula is C9H8O3Ti. The predicted molar refractivity (Wildman–Crippen MR) is 41.3 cm³/mol. The summed E-state index contributed by atoms with van der Waals surface area (Å²) in [5, 5.41) is 0. The number of ether oxygens (including phenoxy) is 1. The summed E-state index contributed by atoms with van der Waals surface area (Å²) in [6, 6.07) is 8.08. The molecule has 0 aromatic heterocycles. The molecule has 66 valence electrons. The maximum absolute atomic E-state index is 5.24. The van der Waals surface area contributed by atoms with E-state index < -0.39 is 0 Å². The van der Waals surface area contributed by atoms with Crippen LogP contribution in [0.2, 0.25) is 0 Å². The van der Waals surface area contributed by atoms with E-state index in [-0.39, 0.29) is 32.7 Å². The average molecular weight is 212 g/mol. The van der Waals surface area contributed by atoms with Gasteiger partial charge < -0.3 is 15.7 Å². The minimum atomic E-state index is 0. The van der Waals surface area contributed by atoms with Crippen molar-refractivity contribution in [3.05, 3.63) is 42.2 Å². The Hall–Kier alpha value is -0.606. The third-order valence-corrected chi connectivity index (χ3v) is 1.60. The fourth-order valence-corrected chi connectivity index (χ4v) is 1.08. The van der Waals surface area contributed by atoms with Gasteiger partial charge in [-0.1, -0.05) is 18.2 Å². The van der Waals surface area contributed by atoms with E-state index in [1.165, 1.54) is 5.56 Å². The molecule has 0 radical (unpaired) electrons. The van der Waals surface area contributed by atoms with Gasteiger partial charge in [0.1, 0.15) is 5.75 Å². The molecule has 3 nitrogen and oxygen atoms in total. The minimum Gasteiger partial charge on any atom is -2.00 e. The quantitative estimate of drug-likeness (QED) is 0.605.